The number of rotatable bonds is 6. The predicted octanol–water partition coefficient (Wildman–Crippen LogP) is 2.72. The minimum atomic E-state index is -0.126. The number of carbonyl (C=O) groups excluding carboxylic acids is 1. The Morgan fingerprint density at radius 3 is 2.71 bits per heavy atom. The molecule has 1 amide bonds. The van der Waals surface area contributed by atoms with Crippen molar-refractivity contribution < 1.29 is 9.53 Å². The Kier molecular flexibility index (Phi) is 5.33. The van der Waals surface area contributed by atoms with E-state index in [1.165, 1.54) is 37.0 Å². The summed E-state index contributed by atoms with van der Waals surface area (Å²) in [7, 11) is 3.65. The van der Waals surface area contributed by atoms with Crippen LogP contribution in [0.1, 0.15) is 42.3 Å². The molecule has 0 aliphatic heterocycles. The maximum absolute atomic E-state index is 12.1. The standard InChI is InChI=1S/C15H25N3O2S/c1-4-17-14(19)13-11(16)12(20-3)15(21-13)18(2)9-10-7-5-6-8-10/h10H,4-9,16H2,1-3H3,(H,17,19). The molecule has 0 saturated heterocycles. The topological polar surface area (TPSA) is 67.6 Å². The maximum atomic E-state index is 12.1. The molecule has 21 heavy (non-hydrogen) atoms. The van der Waals surface area contributed by atoms with Gasteiger partial charge in [-0.25, -0.2) is 0 Å². The maximum Gasteiger partial charge on any atom is 0.263 e. The monoisotopic (exact) mass is 311 g/mol. The Hall–Kier alpha value is -1.43. The van der Waals surface area contributed by atoms with E-state index in [4.69, 9.17) is 10.5 Å². The summed E-state index contributed by atoms with van der Waals surface area (Å²) in [5, 5.41) is 3.74. The molecule has 6 heteroatoms. The van der Waals surface area contributed by atoms with Crippen molar-refractivity contribution in [1.82, 2.24) is 5.32 Å². The van der Waals surface area contributed by atoms with Gasteiger partial charge in [-0.2, -0.15) is 0 Å². The van der Waals surface area contributed by atoms with E-state index >= 15 is 0 Å². The fourth-order valence-electron chi connectivity index (χ4n) is 2.94. The van der Waals surface area contributed by atoms with Crippen LogP contribution in [0.3, 0.4) is 0 Å². The molecule has 1 aliphatic rings. The lowest BCUT2D eigenvalue weighted by molar-refractivity contribution is 0.0960. The summed E-state index contributed by atoms with van der Waals surface area (Å²) in [6, 6.07) is 0. The molecular weight excluding hydrogens is 286 g/mol. The minimum Gasteiger partial charge on any atom is -0.492 e. The number of anilines is 2. The summed E-state index contributed by atoms with van der Waals surface area (Å²) in [5.74, 6) is 1.23. The normalized spacial score (nSPS) is 15.2. The third kappa shape index (κ3) is 3.43. The number of nitrogens with one attached hydrogen (secondary N) is 1. The molecule has 0 spiro atoms. The van der Waals surface area contributed by atoms with Gasteiger partial charge in [-0.05, 0) is 25.7 Å². The molecule has 0 atom stereocenters. The quantitative estimate of drug-likeness (QED) is 0.847. The Morgan fingerprint density at radius 1 is 1.48 bits per heavy atom. The SMILES string of the molecule is CCNC(=O)c1sc(N(C)CC2CCCC2)c(OC)c1N. The Labute approximate surface area is 130 Å². The highest BCUT2D eigenvalue weighted by molar-refractivity contribution is 7.19. The molecule has 1 fully saturated rings. The van der Waals surface area contributed by atoms with Crippen LogP contribution < -0.4 is 20.7 Å². The molecule has 1 aromatic rings. The molecule has 118 valence electrons. The van der Waals surface area contributed by atoms with Crippen molar-refractivity contribution in [3.05, 3.63) is 4.88 Å². The van der Waals surface area contributed by atoms with E-state index in [1.54, 1.807) is 7.11 Å². The zero-order chi connectivity index (χ0) is 15.4. The number of methoxy groups -OCH3 is 1. The highest BCUT2D eigenvalue weighted by Crippen LogP contribution is 2.44. The number of thiophene rings is 1. The molecule has 1 heterocycles. The average Bonchev–Trinajstić information content (AvgIpc) is 3.06. The third-order valence-electron chi connectivity index (χ3n) is 3.98. The number of nitrogens with two attached hydrogens (primary N) is 1. The van der Waals surface area contributed by atoms with Gasteiger partial charge >= 0.3 is 0 Å². The second kappa shape index (κ2) is 7.02. The van der Waals surface area contributed by atoms with Gasteiger partial charge in [-0.1, -0.05) is 12.8 Å². The second-order valence-corrected chi connectivity index (χ2v) is 6.57. The molecule has 2 rings (SSSR count). The number of ether oxygens (including phenoxy) is 1. The van der Waals surface area contributed by atoms with Crippen LogP contribution in [0, 0.1) is 5.92 Å². The summed E-state index contributed by atoms with van der Waals surface area (Å²) < 4.78 is 5.43. The van der Waals surface area contributed by atoms with Crippen molar-refractivity contribution in [2.45, 2.75) is 32.6 Å². The van der Waals surface area contributed by atoms with Crippen molar-refractivity contribution in [1.29, 1.82) is 0 Å². The van der Waals surface area contributed by atoms with Crippen molar-refractivity contribution in [3.63, 3.8) is 0 Å². The minimum absolute atomic E-state index is 0.126. The largest absolute Gasteiger partial charge is 0.492 e. The average molecular weight is 311 g/mol. The molecule has 0 radical (unpaired) electrons. The fourth-order valence-corrected chi connectivity index (χ4v) is 4.01. The van der Waals surface area contributed by atoms with Crippen molar-refractivity contribution >= 4 is 27.9 Å². The second-order valence-electron chi connectivity index (χ2n) is 5.57. The molecule has 1 aromatic heterocycles. The van der Waals surface area contributed by atoms with Crippen molar-refractivity contribution in [2.75, 3.05) is 37.9 Å². The number of hydrogen-bond donors (Lipinski definition) is 2. The lowest BCUT2D eigenvalue weighted by Gasteiger charge is -2.22. The lowest BCUT2D eigenvalue weighted by Crippen LogP contribution is -2.23. The molecule has 1 saturated carbocycles. The first-order valence-corrected chi connectivity index (χ1v) is 8.35. The van der Waals surface area contributed by atoms with Gasteiger partial charge in [0.15, 0.2) is 5.75 Å². The van der Waals surface area contributed by atoms with Gasteiger partial charge in [0.25, 0.3) is 5.91 Å². The van der Waals surface area contributed by atoms with E-state index in [0.717, 1.165) is 17.5 Å². The van der Waals surface area contributed by atoms with Crippen LogP contribution in [0.2, 0.25) is 0 Å². The zero-order valence-corrected chi connectivity index (χ0v) is 13.9. The summed E-state index contributed by atoms with van der Waals surface area (Å²) >= 11 is 1.41. The number of nitrogen functional groups attached to an aromatic ring is 1. The van der Waals surface area contributed by atoms with Crippen molar-refractivity contribution in [2.24, 2.45) is 5.92 Å². The Bertz CT molecular complexity index is 495. The first-order chi connectivity index (χ1) is 10.1. The molecule has 1 aliphatic carbocycles. The van der Waals surface area contributed by atoms with Gasteiger partial charge in [-0.15, -0.1) is 11.3 Å². The van der Waals surface area contributed by atoms with E-state index in [9.17, 15) is 4.79 Å². The van der Waals surface area contributed by atoms with Crippen LogP contribution in [-0.2, 0) is 0 Å². The number of carbonyl (C=O) groups is 1. The van der Waals surface area contributed by atoms with Gasteiger partial charge in [0.05, 0.1) is 7.11 Å². The van der Waals surface area contributed by atoms with Crippen molar-refractivity contribution in [3.8, 4) is 5.75 Å². The third-order valence-corrected chi connectivity index (χ3v) is 5.28. The van der Waals surface area contributed by atoms with Gasteiger partial charge in [0.2, 0.25) is 0 Å². The summed E-state index contributed by atoms with van der Waals surface area (Å²) in [4.78, 5) is 14.8. The van der Waals surface area contributed by atoms with Gasteiger partial charge in [0.1, 0.15) is 15.6 Å². The van der Waals surface area contributed by atoms with E-state index < -0.39 is 0 Å². The highest BCUT2D eigenvalue weighted by atomic mass is 32.1. The molecular formula is C15H25N3O2S. The van der Waals surface area contributed by atoms with E-state index in [2.05, 4.69) is 10.2 Å². The summed E-state index contributed by atoms with van der Waals surface area (Å²) in [5.41, 5.74) is 6.54. The van der Waals surface area contributed by atoms with E-state index in [1.807, 2.05) is 14.0 Å². The highest BCUT2D eigenvalue weighted by Gasteiger charge is 2.25. The van der Waals surface area contributed by atoms with Crippen LogP contribution in [0.4, 0.5) is 10.7 Å². The van der Waals surface area contributed by atoms with E-state index in [-0.39, 0.29) is 5.91 Å². The first-order valence-electron chi connectivity index (χ1n) is 7.54. The van der Waals surface area contributed by atoms with Gasteiger partial charge in [-0.3, -0.25) is 4.79 Å². The number of amides is 1. The number of nitrogens with zero attached hydrogens (tertiary/aromatic N) is 1. The fraction of sp³-hybridized carbons (Fsp3) is 0.667. The molecule has 3 N–H and O–H groups in total. The summed E-state index contributed by atoms with van der Waals surface area (Å²) in [6.45, 7) is 3.48. The summed E-state index contributed by atoms with van der Waals surface area (Å²) in [6.07, 6.45) is 5.23. The van der Waals surface area contributed by atoms with Crippen LogP contribution in [0.15, 0.2) is 0 Å². The predicted molar refractivity (Wildman–Crippen MR) is 88.5 cm³/mol. The van der Waals surface area contributed by atoms with Crippen LogP contribution in [0.5, 0.6) is 5.75 Å². The van der Waals surface area contributed by atoms with Crippen LogP contribution >= 0.6 is 11.3 Å². The lowest BCUT2D eigenvalue weighted by atomic mass is 10.1. The van der Waals surface area contributed by atoms with Crippen LogP contribution in [-0.4, -0.2) is 33.2 Å². The molecule has 0 unspecified atom stereocenters. The van der Waals surface area contributed by atoms with Gasteiger partial charge in [0, 0.05) is 20.1 Å². The molecule has 0 bridgehead atoms. The molecule has 5 nitrogen and oxygen atoms in total. The van der Waals surface area contributed by atoms with E-state index in [0.29, 0.717) is 22.9 Å². The Balaban J connectivity index is 2.21. The number of hydrogen-bond acceptors (Lipinski definition) is 5. The smallest absolute Gasteiger partial charge is 0.263 e. The zero-order valence-electron chi connectivity index (χ0n) is 13.1. The van der Waals surface area contributed by atoms with Gasteiger partial charge < -0.3 is 20.7 Å². The Morgan fingerprint density at radius 2 is 2.14 bits per heavy atom. The molecule has 0 aromatic carbocycles. The van der Waals surface area contributed by atoms with Crippen LogP contribution in [0.25, 0.3) is 0 Å². The first kappa shape index (κ1) is 15.9.